The lowest BCUT2D eigenvalue weighted by atomic mass is 10.0. The molecule has 0 atom stereocenters. The fourth-order valence-corrected chi connectivity index (χ4v) is 2.16. The molecule has 0 heterocycles. The van der Waals surface area contributed by atoms with Gasteiger partial charge in [0.25, 0.3) is 0 Å². The lowest BCUT2D eigenvalue weighted by molar-refractivity contribution is 0.585. The van der Waals surface area contributed by atoms with Crippen LogP contribution in [0.25, 0.3) is 0 Å². The van der Waals surface area contributed by atoms with Crippen molar-refractivity contribution in [3.63, 3.8) is 0 Å². The summed E-state index contributed by atoms with van der Waals surface area (Å²) in [6.07, 6.45) is 0. The zero-order chi connectivity index (χ0) is 14.0. The first-order chi connectivity index (χ1) is 8.99. The molecule has 4 heteroatoms. The topological polar surface area (TPSA) is 12.0 Å². The maximum atomic E-state index is 13.6. The van der Waals surface area contributed by atoms with Crippen molar-refractivity contribution in [3.8, 4) is 0 Å². The Morgan fingerprint density at radius 3 is 2.58 bits per heavy atom. The van der Waals surface area contributed by atoms with Gasteiger partial charge in [0.2, 0.25) is 0 Å². The fourth-order valence-electron chi connectivity index (χ4n) is 1.90. The summed E-state index contributed by atoms with van der Waals surface area (Å²) >= 11 is 5.83. The van der Waals surface area contributed by atoms with Crippen molar-refractivity contribution >= 4 is 17.3 Å². The third kappa shape index (κ3) is 3.04. The molecule has 2 aromatic carbocycles. The Bertz CT molecular complexity index is 588. The number of benzene rings is 2. The summed E-state index contributed by atoms with van der Waals surface area (Å²) in [5, 5.41) is 2.96. The largest absolute Gasteiger partial charge is 0.377 e. The van der Waals surface area contributed by atoms with E-state index in [0.29, 0.717) is 6.54 Å². The number of aryl methyl sites for hydroxylation is 1. The number of hydrogen-bond donors (Lipinski definition) is 1. The SMILES string of the molecule is Cc1cccc(CNc2c(F)cc(F)cc2Cl)c1C. The average Bonchev–Trinajstić information content (AvgIpc) is 2.33. The van der Waals surface area contributed by atoms with Crippen LogP contribution in [0.1, 0.15) is 16.7 Å². The Hall–Kier alpha value is -1.61. The average molecular weight is 282 g/mol. The van der Waals surface area contributed by atoms with Gasteiger partial charge in [0.15, 0.2) is 5.82 Å². The summed E-state index contributed by atoms with van der Waals surface area (Å²) in [6, 6.07) is 7.84. The van der Waals surface area contributed by atoms with Crippen molar-refractivity contribution in [3.05, 3.63) is 63.7 Å². The van der Waals surface area contributed by atoms with E-state index in [1.54, 1.807) is 0 Å². The van der Waals surface area contributed by atoms with E-state index in [0.717, 1.165) is 23.3 Å². The van der Waals surface area contributed by atoms with Crippen LogP contribution in [0, 0.1) is 25.5 Å². The minimum atomic E-state index is -0.685. The molecular formula is C15H14ClF2N. The van der Waals surface area contributed by atoms with Crippen LogP contribution >= 0.6 is 11.6 Å². The van der Waals surface area contributed by atoms with E-state index >= 15 is 0 Å². The molecule has 0 aliphatic carbocycles. The normalized spacial score (nSPS) is 10.6. The molecule has 0 radical (unpaired) electrons. The van der Waals surface area contributed by atoms with Crippen LogP contribution in [0.4, 0.5) is 14.5 Å². The van der Waals surface area contributed by atoms with Crippen LogP contribution < -0.4 is 5.32 Å². The number of anilines is 1. The van der Waals surface area contributed by atoms with Gasteiger partial charge in [-0.1, -0.05) is 29.8 Å². The standard InChI is InChI=1S/C15H14ClF2N/c1-9-4-3-5-11(10(9)2)8-19-15-13(16)6-12(17)7-14(15)18/h3-7,19H,8H2,1-2H3. The fraction of sp³-hybridized carbons (Fsp3) is 0.200. The maximum absolute atomic E-state index is 13.6. The van der Waals surface area contributed by atoms with E-state index in [2.05, 4.69) is 5.32 Å². The van der Waals surface area contributed by atoms with Crippen molar-refractivity contribution in [1.29, 1.82) is 0 Å². The molecule has 1 N–H and O–H groups in total. The second-order valence-electron chi connectivity index (χ2n) is 4.46. The highest BCUT2D eigenvalue weighted by molar-refractivity contribution is 6.33. The molecule has 2 aromatic rings. The second kappa shape index (κ2) is 5.57. The smallest absolute Gasteiger partial charge is 0.150 e. The van der Waals surface area contributed by atoms with Gasteiger partial charge in [-0.15, -0.1) is 0 Å². The predicted octanol–water partition coefficient (Wildman–Crippen LogP) is 4.85. The summed E-state index contributed by atoms with van der Waals surface area (Å²) in [5.74, 6) is -1.37. The molecule has 0 amide bonds. The zero-order valence-electron chi connectivity index (χ0n) is 10.7. The van der Waals surface area contributed by atoms with Gasteiger partial charge in [-0.05, 0) is 36.6 Å². The minimum absolute atomic E-state index is 0.0443. The Morgan fingerprint density at radius 1 is 1.16 bits per heavy atom. The van der Waals surface area contributed by atoms with Crippen molar-refractivity contribution in [1.82, 2.24) is 0 Å². The molecule has 1 nitrogen and oxygen atoms in total. The highest BCUT2D eigenvalue weighted by Gasteiger charge is 2.10. The lowest BCUT2D eigenvalue weighted by Gasteiger charge is -2.12. The van der Waals surface area contributed by atoms with Crippen molar-refractivity contribution in [2.75, 3.05) is 5.32 Å². The molecule has 0 bridgehead atoms. The van der Waals surface area contributed by atoms with Gasteiger partial charge in [-0.3, -0.25) is 0 Å². The number of rotatable bonds is 3. The molecule has 0 aromatic heterocycles. The van der Waals surface area contributed by atoms with E-state index in [1.807, 2.05) is 32.0 Å². The van der Waals surface area contributed by atoms with Gasteiger partial charge in [0.05, 0.1) is 10.7 Å². The number of nitrogens with one attached hydrogen (secondary N) is 1. The molecule has 0 unspecified atom stereocenters. The molecule has 0 aliphatic rings. The zero-order valence-corrected chi connectivity index (χ0v) is 11.5. The Labute approximate surface area is 116 Å². The van der Waals surface area contributed by atoms with E-state index in [4.69, 9.17) is 11.6 Å². The minimum Gasteiger partial charge on any atom is -0.377 e. The third-order valence-corrected chi connectivity index (χ3v) is 3.48. The van der Waals surface area contributed by atoms with Crippen LogP contribution in [0.15, 0.2) is 30.3 Å². The van der Waals surface area contributed by atoms with E-state index in [9.17, 15) is 8.78 Å². The molecule has 0 spiro atoms. The Kier molecular flexibility index (Phi) is 4.05. The van der Waals surface area contributed by atoms with E-state index in [1.165, 1.54) is 5.56 Å². The monoisotopic (exact) mass is 281 g/mol. The first-order valence-electron chi connectivity index (χ1n) is 5.92. The Balaban J connectivity index is 2.22. The quantitative estimate of drug-likeness (QED) is 0.848. The van der Waals surface area contributed by atoms with Gasteiger partial charge >= 0.3 is 0 Å². The highest BCUT2D eigenvalue weighted by atomic mass is 35.5. The van der Waals surface area contributed by atoms with E-state index in [-0.39, 0.29) is 10.7 Å². The first kappa shape index (κ1) is 13.8. The van der Waals surface area contributed by atoms with Gasteiger partial charge in [-0.2, -0.15) is 0 Å². The molecular weight excluding hydrogens is 268 g/mol. The van der Waals surface area contributed by atoms with Crippen LogP contribution in [-0.2, 0) is 6.54 Å². The second-order valence-corrected chi connectivity index (χ2v) is 4.86. The number of halogens is 3. The van der Waals surface area contributed by atoms with Gasteiger partial charge in [0.1, 0.15) is 5.82 Å². The highest BCUT2D eigenvalue weighted by Crippen LogP contribution is 2.27. The first-order valence-corrected chi connectivity index (χ1v) is 6.30. The lowest BCUT2D eigenvalue weighted by Crippen LogP contribution is -2.04. The van der Waals surface area contributed by atoms with Gasteiger partial charge in [-0.25, -0.2) is 8.78 Å². The summed E-state index contributed by atoms with van der Waals surface area (Å²) in [7, 11) is 0. The van der Waals surface area contributed by atoms with Crippen molar-refractivity contribution in [2.45, 2.75) is 20.4 Å². The van der Waals surface area contributed by atoms with E-state index < -0.39 is 11.6 Å². The van der Waals surface area contributed by atoms with Crippen molar-refractivity contribution < 1.29 is 8.78 Å². The molecule has 0 saturated carbocycles. The Morgan fingerprint density at radius 2 is 1.89 bits per heavy atom. The summed E-state index contributed by atoms with van der Waals surface area (Å²) in [5.41, 5.74) is 3.50. The van der Waals surface area contributed by atoms with Gasteiger partial charge < -0.3 is 5.32 Å². The van der Waals surface area contributed by atoms with Crippen molar-refractivity contribution in [2.24, 2.45) is 0 Å². The molecule has 2 rings (SSSR count). The van der Waals surface area contributed by atoms with Crippen LogP contribution in [0.2, 0.25) is 5.02 Å². The van der Waals surface area contributed by atoms with Gasteiger partial charge in [0, 0.05) is 12.6 Å². The molecule has 100 valence electrons. The summed E-state index contributed by atoms with van der Waals surface area (Å²) in [4.78, 5) is 0. The molecule has 0 saturated heterocycles. The van der Waals surface area contributed by atoms with Crippen LogP contribution in [0.5, 0.6) is 0 Å². The number of hydrogen-bond acceptors (Lipinski definition) is 1. The molecule has 0 fully saturated rings. The summed E-state index contributed by atoms with van der Waals surface area (Å²) in [6.45, 7) is 4.47. The molecule has 19 heavy (non-hydrogen) atoms. The van der Waals surface area contributed by atoms with Crippen LogP contribution in [-0.4, -0.2) is 0 Å². The molecule has 0 aliphatic heterocycles. The predicted molar refractivity (Wildman–Crippen MR) is 74.6 cm³/mol. The maximum Gasteiger partial charge on any atom is 0.150 e. The summed E-state index contributed by atoms with van der Waals surface area (Å²) < 4.78 is 26.5. The third-order valence-electron chi connectivity index (χ3n) is 3.18. The van der Waals surface area contributed by atoms with Crippen LogP contribution in [0.3, 0.4) is 0 Å².